The molecule has 0 aliphatic heterocycles. The first-order valence-corrected chi connectivity index (χ1v) is 3.86. The van der Waals surface area contributed by atoms with Crippen LogP contribution in [0, 0.1) is 0 Å². The molecule has 0 saturated heterocycles. The molecule has 2 N–H and O–H groups in total. The Morgan fingerprint density at radius 2 is 2.46 bits per heavy atom. The molecule has 13 heavy (non-hydrogen) atoms. The maximum absolute atomic E-state index is 5.32. The van der Waals surface area contributed by atoms with E-state index in [1.54, 1.807) is 12.4 Å². The second-order valence-corrected chi connectivity index (χ2v) is 2.52. The van der Waals surface area contributed by atoms with Gasteiger partial charge in [0.15, 0.2) is 0 Å². The van der Waals surface area contributed by atoms with Gasteiger partial charge in [-0.05, 0) is 7.05 Å². The molecule has 6 heteroatoms. The van der Waals surface area contributed by atoms with E-state index in [4.69, 9.17) is 4.42 Å². The molecule has 0 fully saturated rings. The molecule has 0 aliphatic carbocycles. The molecule has 2 heterocycles. The molecule has 2 rings (SSSR count). The van der Waals surface area contributed by atoms with E-state index in [1.165, 1.54) is 0 Å². The van der Waals surface area contributed by atoms with E-state index in [2.05, 4.69) is 25.7 Å². The van der Waals surface area contributed by atoms with Gasteiger partial charge in [0, 0.05) is 6.20 Å². The summed E-state index contributed by atoms with van der Waals surface area (Å²) in [6.45, 7) is 0.574. The third-order valence-corrected chi connectivity index (χ3v) is 1.54. The zero-order valence-corrected chi connectivity index (χ0v) is 7.11. The quantitative estimate of drug-likeness (QED) is 0.702. The summed E-state index contributed by atoms with van der Waals surface area (Å²) in [7, 11) is 1.82. The van der Waals surface area contributed by atoms with Crippen molar-refractivity contribution in [3.05, 3.63) is 18.3 Å². The molecule has 0 aromatic carbocycles. The van der Waals surface area contributed by atoms with Crippen LogP contribution in [0.2, 0.25) is 0 Å². The smallest absolute Gasteiger partial charge is 0.250 e. The lowest BCUT2D eigenvalue weighted by molar-refractivity contribution is 0.490. The topological polar surface area (TPSA) is 79.6 Å². The lowest BCUT2D eigenvalue weighted by Crippen LogP contribution is -2.04. The van der Waals surface area contributed by atoms with Crippen molar-refractivity contribution in [1.82, 2.24) is 25.7 Å². The van der Waals surface area contributed by atoms with Crippen LogP contribution < -0.4 is 5.32 Å². The molecular weight excluding hydrogens is 170 g/mol. The number of H-pyrrole nitrogens is 1. The molecule has 0 atom stereocenters. The summed E-state index contributed by atoms with van der Waals surface area (Å²) < 4.78 is 5.32. The van der Waals surface area contributed by atoms with Gasteiger partial charge in [0.1, 0.15) is 0 Å². The summed E-state index contributed by atoms with van der Waals surface area (Å²) >= 11 is 0. The molecule has 68 valence electrons. The first-order chi connectivity index (χ1) is 6.40. The summed E-state index contributed by atoms with van der Waals surface area (Å²) in [5.74, 6) is 1.05. The lowest BCUT2D eigenvalue weighted by atomic mass is 10.4. The Balaban J connectivity index is 2.23. The van der Waals surface area contributed by atoms with Gasteiger partial charge >= 0.3 is 0 Å². The van der Waals surface area contributed by atoms with Crippen molar-refractivity contribution in [2.45, 2.75) is 6.54 Å². The normalized spacial score (nSPS) is 10.5. The monoisotopic (exact) mass is 179 g/mol. The van der Waals surface area contributed by atoms with Crippen molar-refractivity contribution in [3.63, 3.8) is 0 Å². The Hall–Kier alpha value is -1.69. The Morgan fingerprint density at radius 1 is 1.54 bits per heavy atom. The highest BCUT2D eigenvalue weighted by Crippen LogP contribution is 2.14. The maximum Gasteiger partial charge on any atom is 0.250 e. The predicted octanol–water partition coefficient (Wildman–Crippen LogP) is 0.179. The number of rotatable bonds is 3. The molecule has 0 aliphatic rings. The molecule has 0 bridgehead atoms. The highest BCUT2D eigenvalue weighted by molar-refractivity contribution is 5.48. The van der Waals surface area contributed by atoms with E-state index in [-0.39, 0.29) is 0 Å². The summed E-state index contributed by atoms with van der Waals surface area (Å²) in [4.78, 5) is 0. The van der Waals surface area contributed by atoms with Gasteiger partial charge < -0.3 is 9.73 Å². The van der Waals surface area contributed by atoms with Gasteiger partial charge in [-0.25, -0.2) is 0 Å². The van der Waals surface area contributed by atoms with Crippen molar-refractivity contribution in [1.29, 1.82) is 0 Å². The van der Waals surface area contributed by atoms with Gasteiger partial charge in [-0.2, -0.15) is 5.10 Å². The first kappa shape index (κ1) is 7.93. The van der Waals surface area contributed by atoms with E-state index in [1.807, 2.05) is 7.05 Å². The Bertz CT molecular complexity index is 366. The lowest BCUT2D eigenvalue weighted by Gasteiger charge is -1.88. The van der Waals surface area contributed by atoms with Crippen LogP contribution in [0.4, 0.5) is 0 Å². The Labute approximate surface area is 74.4 Å². The van der Waals surface area contributed by atoms with Crippen LogP contribution in [0.5, 0.6) is 0 Å². The van der Waals surface area contributed by atoms with Crippen molar-refractivity contribution < 1.29 is 4.42 Å². The second-order valence-electron chi connectivity index (χ2n) is 2.52. The summed E-state index contributed by atoms with van der Waals surface area (Å²) in [5.41, 5.74) is 0.801. The van der Waals surface area contributed by atoms with E-state index in [9.17, 15) is 0 Å². The third-order valence-electron chi connectivity index (χ3n) is 1.54. The van der Waals surface area contributed by atoms with Crippen molar-refractivity contribution in [2.24, 2.45) is 0 Å². The molecular formula is C7H9N5O. The molecule has 0 radical (unpaired) electrons. The van der Waals surface area contributed by atoms with E-state index >= 15 is 0 Å². The largest absolute Gasteiger partial charge is 0.419 e. The van der Waals surface area contributed by atoms with Crippen LogP contribution in [0.25, 0.3) is 11.5 Å². The molecule has 0 spiro atoms. The number of aromatic nitrogens is 4. The van der Waals surface area contributed by atoms with Crippen LogP contribution in [-0.2, 0) is 6.54 Å². The minimum Gasteiger partial charge on any atom is -0.419 e. The maximum atomic E-state index is 5.32. The average molecular weight is 179 g/mol. The van der Waals surface area contributed by atoms with Gasteiger partial charge in [-0.15, -0.1) is 10.2 Å². The highest BCUT2D eigenvalue weighted by Gasteiger charge is 2.07. The number of hydrogen-bond acceptors (Lipinski definition) is 5. The van der Waals surface area contributed by atoms with Gasteiger partial charge in [0.2, 0.25) is 5.89 Å². The van der Waals surface area contributed by atoms with Crippen molar-refractivity contribution in [2.75, 3.05) is 7.05 Å². The van der Waals surface area contributed by atoms with Crippen LogP contribution in [0.1, 0.15) is 5.89 Å². The highest BCUT2D eigenvalue weighted by atomic mass is 16.4. The molecule has 0 saturated carbocycles. The molecule has 0 amide bonds. The molecule has 0 unspecified atom stereocenters. The van der Waals surface area contributed by atoms with Gasteiger partial charge in [0.25, 0.3) is 5.89 Å². The second kappa shape index (κ2) is 3.36. The van der Waals surface area contributed by atoms with Gasteiger partial charge in [-0.3, -0.25) is 5.10 Å². The number of hydrogen-bond donors (Lipinski definition) is 2. The molecule has 2 aromatic heterocycles. The summed E-state index contributed by atoms with van der Waals surface area (Å²) in [6, 6.07) is 0. The van der Waals surface area contributed by atoms with Crippen LogP contribution in [-0.4, -0.2) is 27.4 Å². The van der Waals surface area contributed by atoms with Crippen molar-refractivity contribution in [3.8, 4) is 11.5 Å². The van der Waals surface area contributed by atoms with Crippen LogP contribution in [0.15, 0.2) is 16.8 Å². The zero-order valence-electron chi connectivity index (χ0n) is 7.11. The first-order valence-electron chi connectivity index (χ1n) is 3.86. The van der Waals surface area contributed by atoms with E-state index in [0.29, 0.717) is 18.3 Å². The van der Waals surface area contributed by atoms with Crippen molar-refractivity contribution >= 4 is 0 Å². The minimum absolute atomic E-state index is 0.485. The van der Waals surface area contributed by atoms with E-state index in [0.717, 1.165) is 5.56 Å². The summed E-state index contributed by atoms with van der Waals surface area (Å²) in [6.07, 6.45) is 3.34. The Morgan fingerprint density at radius 3 is 3.15 bits per heavy atom. The fourth-order valence-corrected chi connectivity index (χ4v) is 0.961. The number of nitrogens with zero attached hydrogens (tertiary/aromatic N) is 3. The number of nitrogens with one attached hydrogen (secondary N) is 2. The number of aromatic amines is 1. The standard InChI is InChI=1S/C7H9N5O/c1-8-4-6-11-12-7(13-6)5-2-9-10-3-5/h2-3,8H,4H2,1H3,(H,9,10). The molecule has 6 nitrogen and oxygen atoms in total. The van der Waals surface area contributed by atoms with Crippen LogP contribution in [0.3, 0.4) is 0 Å². The average Bonchev–Trinajstić information content (AvgIpc) is 2.70. The molecule has 2 aromatic rings. The minimum atomic E-state index is 0.485. The third kappa shape index (κ3) is 1.57. The summed E-state index contributed by atoms with van der Waals surface area (Å²) in [5, 5.41) is 17.1. The fraction of sp³-hybridized carbons (Fsp3) is 0.286. The van der Waals surface area contributed by atoms with Gasteiger partial charge in [-0.1, -0.05) is 0 Å². The fourth-order valence-electron chi connectivity index (χ4n) is 0.961. The Kier molecular flexibility index (Phi) is 2.05. The SMILES string of the molecule is CNCc1nnc(-c2cn[nH]c2)o1. The van der Waals surface area contributed by atoms with E-state index < -0.39 is 0 Å². The van der Waals surface area contributed by atoms with Gasteiger partial charge in [0.05, 0.1) is 18.3 Å². The van der Waals surface area contributed by atoms with Crippen LogP contribution >= 0.6 is 0 Å². The zero-order chi connectivity index (χ0) is 9.10. The predicted molar refractivity (Wildman–Crippen MR) is 44.6 cm³/mol.